The predicted molar refractivity (Wildman–Crippen MR) is 306 cm³/mol. The highest BCUT2D eigenvalue weighted by Crippen LogP contribution is 2.61. The smallest absolute Gasteiger partial charge is 0.0173 e. The van der Waals surface area contributed by atoms with Gasteiger partial charge in [0, 0.05) is 5.92 Å². The minimum Gasteiger partial charge on any atom is -0.0657 e. The van der Waals surface area contributed by atoms with Crippen molar-refractivity contribution >= 4 is 37.9 Å². The lowest BCUT2D eigenvalue weighted by Gasteiger charge is -2.37. The van der Waals surface area contributed by atoms with Gasteiger partial charge >= 0.3 is 0 Å². The average Bonchev–Trinajstić information content (AvgIpc) is 3.72. The highest BCUT2D eigenvalue weighted by molar-refractivity contribution is 6.27. The summed E-state index contributed by atoms with van der Waals surface area (Å²) >= 11 is 0. The Balaban J connectivity index is 1.66. The third-order valence-electron chi connectivity index (χ3n) is 21.0. The molecule has 7 aromatic carbocycles. The van der Waals surface area contributed by atoms with Gasteiger partial charge in [0.15, 0.2) is 0 Å². The van der Waals surface area contributed by atoms with Gasteiger partial charge in [-0.15, -0.1) is 0 Å². The van der Waals surface area contributed by atoms with E-state index >= 15 is 0 Å². The van der Waals surface area contributed by atoms with Gasteiger partial charge in [-0.3, -0.25) is 0 Å². The molecular formula is C69H82. The SMILES string of the molecule is CC1=C(C)C2Cc3c(C)c(C)c(C)c(C)c3C2C(c2c3c(C)c(C)c(C)c(C)c3c(-c3c(C)c(-c4c(C)c(C)c(C)c(C)c4C)c(C)c4c(C)c(C)c(C)c(C)c34)c3c(C)c(C)c(C)c(C)c23)=C1C. The van der Waals surface area contributed by atoms with E-state index in [0.29, 0.717) is 5.92 Å². The second kappa shape index (κ2) is 16.2. The van der Waals surface area contributed by atoms with E-state index in [-0.39, 0.29) is 5.92 Å². The average molecular weight is 911 g/mol. The van der Waals surface area contributed by atoms with Crippen LogP contribution in [-0.2, 0) is 6.42 Å². The lowest BCUT2D eigenvalue weighted by atomic mass is 9.66. The summed E-state index contributed by atoms with van der Waals surface area (Å²) in [6, 6.07) is 0. The van der Waals surface area contributed by atoms with Crippen LogP contribution in [0.3, 0.4) is 0 Å². The topological polar surface area (TPSA) is 0 Å². The zero-order chi connectivity index (χ0) is 51.0. The summed E-state index contributed by atoms with van der Waals surface area (Å²) in [7, 11) is 0. The van der Waals surface area contributed by atoms with E-state index in [9.17, 15) is 0 Å². The summed E-state index contributed by atoms with van der Waals surface area (Å²) in [6.45, 7) is 62.9. The Morgan fingerprint density at radius 3 is 0.986 bits per heavy atom. The largest absolute Gasteiger partial charge is 0.0657 e. The van der Waals surface area contributed by atoms with Gasteiger partial charge in [-0.25, -0.2) is 0 Å². The fourth-order valence-corrected chi connectivity index (χ4v) is 14.8. The maximum atomic E-state index is 2.50. The fraction of sp³-hybridized carbons (Fsp3) is 0.420. The molecular weight excluding hydrogens is 829 g/mol. The van der Waals surface area contributed by atoms with E-state index in [1.807, 2.05) is 0 Å². The normalized spacial score (nSPS) is 16.1. The molecule has 0 aromatic heterocycles. The first-order valence-corrected chi connectivity index (χ1v) is 26.2. The summed E-state index contributed by atoms with van der Waals surface area (Å²) < 4.78 is 0. The monoisotopic (exact) mass is 911 g/mol. The molecule has 0 fully saturated rings. The molecule has 2 unspecified atom stereocenters. The molecule has 2 aliphatic carbocycles. The van der Waals surface area contributed by atoms with E-state index in [4.69, 9.17) is 0 Å². The Morgan fingerprint density at radius 1 is 0.232 bits per heavy atom. The summed E-state index contributed by atoms with van der Waals surface area (Å²) in [4.78, 5) is 0. The summed E-state index contributed by atoms with van der Waals surface area (Å²) in [5.74, 6) is 0.711. The van der Waals surface area contributed by atoms with Crippen LogP contribution < -0.4 is 0 Å². The molecule has 0 amide bonds. The number of allylic oxidation sites excluding steroid dienone is 4. The van der Waals surface area contributed by atoms with Crippen LogP contribution in [0.4, 0.5) is 0 Å². The van der Waals surface area contributed by atoms with Crippen LogP contribution in [-0.4, -0.2) is 0 Å². The third-order valence-corrected chi connectivity index (χ3v) is 21.0. The van der Waals surface area contributed by atoms with Gasteiger partial charge in [0.2, 0.25) is 0 Å². The lowest BCUT2D eigenvalue weighted by molar-refractivity contribution is 0.591. The molecule has 0 radical (unpaired) electrons. The standard InChI is InChI=1S/C69H82/c1-28-30(3)42(15)56(43(16)31(28)4)58-52(25)57-44(17)33(6)34(7)46(19)60(57)66(53(58)26)69-63-49(22)37(10)35(8)47(20)61(63)68(62-48(21)36(9)38(11)50(23)64(62)69)65-51(24)39(12)41(14)55-27-54-40(13)29(2)32(5)45(18)59(54)67(55)65/h55,67H,27H2,1-26H3. The van der Waals surface area contributed by atoms with Gasteiger partial charge in [-0.05, 0) is 408 Å². The van der Waals surface area contributed by atoms with Crippen LogP contribution in [0.1, 0.15) is 171 Å². The predicted octanol–water partition coefficient (Wildman–Crippen LogP) is 19.7. The van der Waals surface area contributed by atoms with Gasteiger partial charge in [-0.1, -0.05) is 5.57 Å². The van der Waals surface area contributed by atoms with E-state index in [2.05, 4.69) is 180 Å². The quantitative estimate of drug-likeness (QED) is 0.155. The van der Waals surface area contributed by atoms with Crippen LogP contribution in [0.15, 0.2) is 16.7 Å². The Kier molecular flexibility index (Phi) is 11.4. The molecule has 0 bridgehead atoms. The number of rotatable bonds is 3. The van der Waals surface area contributed by atoms with Crippen molar-refractivity contribution in [3.05, 3.63) is 161 Å². The number of hydrogen-bond acceptors (Lipinski definition) is 0. The first-order chi connectivity index (χ1) is 32.2. The van der Waals surface area contributed by atoms with Gasteiger partial charge in [0.1, 0.15) is 0 Å². The molecule has 0 heterocycles. The molecule has 0 saturated heterocycles. The first kappa shape index (κ1) is 48.8. The second-order valence-corrected chi connectivity index (χ2v) is 23.0. The van der Waals surface area contributed by atoms with E-state index in [1.165, 1.54) is 199 Å². The molecule has 2 atom stereocenters. The van der Waals surface area contributed by atoms with Crippen molar-refractivity contribution in [3.8, 4) is 22.3 Å². The summed E-state index contributed by atoms with van der Waals surface area (Å²) in [6.07, 6.45) is 1.11. The number of aryl methyl sites for hydroxylation is 7. The van der Waals surface area contributed by atoms with Gasteiger partial charge in [0.05, 0.1) is 0 Å². The summed E-state index contributed by atoms with van der Waals surface area (Å²) in [5.41, 5.74) is 49.4. The van der Waals surface area contributed by atoms with Crippen molar-refractivity contribution in [1.29, 1.82) is 0 Å². The fourth-order valence-electron chi connectivity index (χ4n) is 14.8. The minimum atomic E-state index is 0.282. The molecule has 69 heavy (non-hydrogen) atoms. The third kappa shape index (κ3) is 6.12. The molecule has 9 rings (SSSR count). The molecule has 0 heteroatoms. The maximum Gasteiger partial charge on any atom is 0.0173 e. The Labute approximate surface area is 417 Å². The van der Waals surface area contributed by atoms with Crippen molar-refractivity contribution in [2.45, 2.75) is 192 Å². The van der Waals surface area contributed by atoms with Crippen molar-refractivity contribution in [3.63, 3.8) is 0 Å². The van der Waals surface area contributed by atoms with Crippen molar-refractivity contribution in [1.82, 2.24) is 0 Å². The second-order valence-electron chi connectivity index (χ2n) is 23.0. The molecule has 2 aliphatic rings. The van der Waals surface area contributed by atoms with Crippen molar-refractivity contribution in [2.24, 2.45) is 5.92 Å². The highest BCUT2D eigenvalue weighted by atomic mass is 14.5. The zero-order valence-corrected chi connectivity index (χ0v) is 47.9. The van der Waals surface area contributed by atoms with Crippen molar-refractivity contribution < 1.29 is 0 Å². The number of hydrogen-bond donors (Lipinski definition) is 0. The van der Waals surface area contributed by atoms with Crippen LogP contribution in [0.2, 0.25) is 0 Å². The van der Waals surface area contributed by atoms with E-state index in [0.717, 1.165) is 6.42 Å². The molecule has 0 aliphatic heterocycles. The van der Waals surface area contributed by atoms with Gasteiger partial charge in [0.25, 0.3) is 0 Å². The minimum absolute atomic E-state index is 0.282. The van der Waals surface area contributed by atoms with Gasteiger partial charge in [-0.2, -0.15) is 0 Å². The molecule has 0 nitrogen and oxygen atoms in total. The van der Waals surface area contributed by atoms with Crippen molar-refractivity contribution in [2.75, 3.05) is 0 Å². The van der Waals surface area contributed by atoms with Crippen LogP contribution in [0.25, 0.3) is 60.1 Å². The van der Waals surface area contributed by atoms with Gasteiger partial charge < -0.3 is 0 Å². The Bertz CT molecular complexity index is 3540. The number of fused-ring (bicyclic) bond motifs is 6. The molecule has 0 spiro atoms. The van der Waals surface area contributed by atoms with Crippen LogP contribution >= 0.6 is 0 Å². The lowest BCUT2D eigenvalue weighted by Crippen LogP contribution is -2.20. The number of benzene rings is 7. The first-order valence-electron chi connectivity index (χ1n) is 26.2. The summed E-state index contributed by atoms with van der Waals surface area (Å²) in [5, 5.41) is 8.73. The molecule has 0 saturated carbocycles. The van der Waals surface area contributed by atoms with Crippen LogP contribution in [0.5, 0.6) is 0 Å². The highest BCUT2D eigenvalue weighted by Gasteiger charge is 2.44. The molecule has 358 valence electrons. The Hall–Kier alpha value is -5.20. The van der Waals surface area contributed by atoms with E-state index < -0.39 is 0 Å². The Morgan fingerprint density at radius 2 is 0.551 bits per heavy atom. The zero-order valence-electron chi connectivity index (χ0n) is 47.9. The van der Waals surface area contributed by atoms with Crippen LogP contribution in [0, 0.1) is 165 Å². The van der Waals surface area contributed by atoms with E-state index in [1.54, 1.807) is 22.3 Å². The maximum absolute atomic E-state index is 2.50. The molecule has 7 aromatic rings. The molecule has 0 N–H and O–H groups in total.